The molecule has 1 aliphatic carbocycles. The zero-order valence-electron chi connectivity index (χ0n) is 13.2. The van der Waals surface area contributed by atoms with Crippen molar-refractivity contribution < 1.29 is 9.90 Å². The van der Waals surface area contributed by atoms with Crippen LogP contribution in [0.3, 0.4) is 0 Å². The number of nitrogens with one attached hydrogen (secondary N) is 1. The van der Waals surface area contributed by atoms with Gasteiger partial charge in [0, 0.05) is 30.1 Å². The Kier molecular flexibility index (Phi) is 7.22. The normalized spacial score (nSPS) is 20.8. The molecule has 1 aromatic carbocycles. The van der Waals surface area contributed by atoms with Crippen LogP contribution in [0.4, 0.5) is 0 Å². The fourth-order valence-electron chi connectivity index (χ4n) is 2.82. The van der Waals surface area contributed by atoms with E-state index in [1.54, 1.807) is 0 Å². The number of hydrogen-bond acceptors (Lipinski definition) is 4. The average molecular weight is 322 g/mol. The Morgan fingerprint density at radius 1 is 1.36 bits per heavy atom. The number of carboxylic acids is 1. The summed E-state index contributed by atoms with van der Waals surface area (Å²) >= 11 is 1.95. The molecule has 0 aliphatic heterocycles. The molecule has 0 saturated heterocycles. The molecule has 0 spiro atoms. The lowest BCUT2D eigenvalue weighted by Crippen LogP contribution is -2.53. The Morgan fingerprint density at radius 2 is 2.09 bits per heavy atom. The molecule has 0 aromatic heterocycles. The minimum atomic E-state index is -0.726. The van der Waals surface area contributed by atoms with Crippen LogP contribution in [0.2, 0.25) is 0 Å². The molecule has 2 rings (SSSR count). The van der Waals surface area contributed by atoms with Crippen LogP contribution in [0.1, 0.15) is 25.3 Å². The zero-order chi connectivity index (χ0) is 15.8. The molecule has 0 heterocycles. The van der Waals surface area contributed by atoms with Gasteiger partial charge in [0.25, 0.3) is 0 Å². The predicted molar refractivity (Wildman–Crippen MR) is 92.3 cm³/mol. The molecule has 1 saturated carbocycles. The number of benzene rings is 1. The molecule has 4 nitrogen and oxygen atoms in total. The number of carbonyl (C=O) groups is 1. The van der Waals surface area contributed by atoms with Crippen molar-refractivity contribution in [1.82, 2.24) is 10.2 Å². The standard InChI is InChI=1S/C17H26N2O2S/c1-2-19(12-17(20)21)16-10-15(11-16)18-8-9-22-13-14-6-4-3-5-7-14/h3-7,15-16,18H,2,8-13H2,1H3,(H,20,21). The van der Waals surface area contributed by atoms with Crippen molar-refractivity contribution in [3.8, 4) is 0 Å². The van der Waals surface area contributed by atoms with Gasteiger partial charge in [0.15, 0.2) is 0 Å². The molecule has 1 aliphatic rings. The van der Waals surface area contributed by atoms with Crippen molar-refractivity contribution >= 4 is 17.7 Å². The highest BCUT2D eigenvalue weighted by molar-refractivity contribution is 7.98. The lowest BCUT2D eigenvalue weighted by Gasteiger charge is -2.42. The van der Waals surface area contributed by atoms with Gasteiger partial charge in [-0.15, -0.1) is 0 Å². The van der Waals surface area contributed by atoms with Crippen LogP contribution in [-0.2, 0) is 10.5 Å². The second kappa shape index (κ2) is 9.18. The molecule has 5 heteroatoms. The molecule has 0 amide bonds. The maximum atomic E-state index is 10.8. The molecular weight excluding hydrogens is 296 g/mol. The first-order valence-electron chi connectivity index (χ1n) is 8.00. The summed E-state index contributed by atoms with van der Waals surface area (Å²) in [6, 6.07) is 11.5. The predicted octanol–water partition coefficient (Wildman–Crippen LogP) is 2.45. The highest BCUT2D eigenvalue weighted by Gasteiger charge is 2.33. The van der Waals surface area contributed by atoms with E-state index < -0.39 is 5.97 Å². The van der Waals surface area contributed by atoms with Crippen molar-refractivity contribution in [2.45, 2.75) is 37.6 Å². The smallest absolute Gasteiger partial charge is 0.317 e. The molecule has 122 valence electrons. The molecule has 22 heavy (non-hydrogen) atoms. The van der Waals surface area contributed by atoms with Gasteiger partial charge in [-0.1, -0.05) is 37.3 Å². The largest absolute Gasteiger partial charge is 0.480 e. The first-order valence-corrected chi connectivity index (χ1v) is 9.15. The maximum Gasteiger partial charge on any atom is 0.317 e. The lowest BCUT2D eigenvalue weighted by atomic mass is 9.85. The summed E-state index contributed by atoms with van der Waals surface area (Å²) in [5.41, 5.74) is 1.38. The maximum absolute atomic E-state index is 10.8. The summed E-state index contributed by atoms with van der Waals surface area (Å²) in [5.74, 6) is 1.45. The van der Waals surface area contributed by atoms with Crippen LogP contribution in [0.5, 0.6) is 0 Å². The molecular formula is C17H26N2O2S. The minimum Gasteiger partial charge on any atom is -0.480 e. The third kappa shape index (κ3) is 5.63. The first-order chi connectivity index (χ1) is 10.7. The van der Waals surface area contributed by atoms with Gasteiger partial charge in [-0.3, -0.25) is 9.69 Å². The summed E-state index contributed by atoms with van der Waals surface area (Å²) in [4.78, 5) is 12.9. The van der Waals surface area contributed by atoms with Crippen molar-refractivity contribution in [3.63, 3.8) is 0 Å². The molecule has 0 unspecified atom stereocenters. The zero-order valence-corrected chi connectivity index (χ0v) is 14.0. The van der Waals surface area contributed by atoms with E-state index in [9.17, 15) is 4.79 Å². The highest BCUT2D eigenvalue weighted by atomic mass is 32.2. The van der Waals surface area contributed by atoms with E-state index in [-0.39, 0.29) is 6.54 Å². The second-order valence-electron chi connectivity index (χ2n) is 5.77. The molecule has 0 bridgehead atoms. The van der Waals surface area contributed by atoms with E-state index in [1.165, 1.54) is 5.56 Å². The molecule has 1 fully saturated rings. The fourth-order valence-corrected chi connectivity index (χ4v) is 3.66. The average Bonchev–Trinajstić information content (AvgIpc) is 2.47. The third-order valence-electron chi connectivity index (χ3n) is 4.17. The van der Waals surface area contributed by atoms with Crippen molar-refractivity contribution in [2.75, 3.05) is 25.4 Å². The van der Waals surface area contributed by atoms with Crippen LogP contribution in [0.25, 0.3) is 0 Å². The van der Waals surface area contributed by atoms with Crippen molar-refractivity contribution in [3.05, 3.63) is 35.9 Å². The fraction of sp³-hybridized carbons (Fsp3) is 0.588. The van der Waals surface area contributed by atoms with E-state index in [4.69, 9.17) is 5.11 Å². The third-order valence-corrected chi connectivity index (χ3v) is 5.20. The summed E-state index contributed by atoms with van der Waals surface area (Å²) < 4.78 is 0. The number of nitrogens with zero attached hydrogens (tertiary/aromatic N) is 1. The topological polar surface area (TPSA) is 52.6 Å². The summed E-state index contributed by atoms with van der Waals surface area (Å²) in [6.07, 6.45) is 2.15. The van der Waals surface area contributed by atoms with Crippen LogP contribution < -0.4 is 5.32 Å². The number of rotatable bonds is 10. The van der Waals surface area contributed by atoms with E-state index in [0.717, 1.165) is 37.4 Å². The van der Waals surface area contributed by atoms with Crippen LogP contribution in [-0.4, -0.2) is 53.4 Å². The Morgan fingerprint density at radius 3 is 2.73 bits per heavy atom. The Balaban J connectivity index is 1.52. The molecule has 0 radical (unpaired) electrons. The Bertz CT molecular complexity index is 449. The van der Waals surface area contributed by atoms with E-state index >= 15 is 0 Å². The number of carboxylic acid groups (broad SMARTS) is 1. The summed E-state index contributed by atoms with van der Waals surface area (Å²) in [5, 5.41) is 12.5. The van der Waals surface area contributed by atoms with Gasteiger partial charge in [-0.05, 0) is 24.9 Å². The van der Waals surface area contributed by atoms with E-state index in [0.29, 0.717) is 12.1 Å². The quantitative estimate of drug-likeness (QED) is 0.648. The lowest BCUT2D eigenvalue weighted by molar-refractivity contribution is -0.139. The Labute approximate surface area is 137 Å². The van der Waals surface area contributed by atoms with Crippen LogP contribution in [0.15, 0.2) is 30.3 Å². The second-order valence-corrected chi connectivity index (χ2v) is 6.88. The van der Waals surface area contributed by atoms with E-state index in [1.807, 2.05) is 24.8 Å². The monoisotopic (exact) mass is 322 g/mol. The van der Waals surface area contributed by atoms with E-state index in [2.05, 4.69) is 34.5 Å². The minimum absolute atomic E-state index is 0.167. The van der Waals surface area contributed by atoms with Gasteiger partial charge in [0.1, 0.15) is 0 Å². The number of likely N-dealkylation sites (N-methyl/N-ethyl adjacent to an activating group) is 1. The number of hydrogen-bond donors (Lipinski definition) is 2. The number of aliphatic carboxylic acids is 1. The molecule has 0 atom stereocenters. The highest BCUT2D eigenvalue weighted by Crippen LogP contribution is 2.25. The van der Waals surface area contributed by atoms with Gasteiger partial charge < -0.3 is 10.4 Å². The molecule has 2 N–H and O–H groups in total. The Hall–Kier alpha value is -1.04. The van der Waals surface area contributed by atoms with Gasteiger partial charge in [-0.25, -0.2) is 0 Å². The van der Waals surface area contributed by atoms with Gasteiger partial charge >= 0.3 is 5.97 Å². The SMILES string of the molecule is CCN(CC(=O)O)C1CC(NCCSCc2ccccc2)C1. The van der Waals surface area contributed by atoms with Crippen molar-refractivity contribution in [2.24, 2.45) is 0 Å². The van der Waals surface area contributed by atoms with Crippen LogP contribution >= 0.6 is 11.8 Å². The van der Waals surface area contributed by atoms with Gasteiger partial charge in [-0.2, -0.15) is 11.8 Å². The van der Waals surface area contributed by atoms with Gasteiger partial charge in [0.05, 0.1) is 6.54 Å². The molecule has 1 aromatic rings. The number of thioether (sulfide) groups is 1. The first kappa shape index (κ1) is 17.3. The van der Waals surface area contributed by atoms with Gasteiger partial charge in [0.2, 0.25) is 0 Å². The van der Waals surface area contributed by atoms with Crippen LogP contribution in [0, 0.1) is 0 Å². The summed E-state index contributed by atoms with van der Waals surface area (Å²) in [6.45, 7) is 4.04. The van der Waals surface area contributed by atoms with Crippen molar-refractivity contribution in [1.29, 1.82) is 0 Å². The summed E-state index contributed by atoms with van der Waals surface area (Å²) in [7, 11) is 0.